The Balaban J connectivity index is 2.01. The van der Waals surface area contributed by atoms with E-state index in [1.54, 1.807) is 11.3 Å². The van der Waals surface area contributed by atoms with Gasteiger partial charge in [0, 0.05) is 17.6 Å². The molecule has 0 saturated heterocycles. The van der Waals surface area contributed by atoms with Crippen molar-refractivity contribution in [3.8, 4) is 0 Å². The van der Waals surface area contributed by atoms with E-state index in [9.17, 15) is 4.79 Å². The van der Waals surface area contributed by atoms with Crippen LogP contribution < -0.4 is 5.32 Å². The minimum absolute atomic E-state index is 0.190. The van der Waals surface area contributed by atoms with Crippen LogP contribution in [-0.4, -0.2) is 18.1 Å². The fraction of sp³-hybridized carbons (Fsp3) is 0.375. The van der Waals surface area contributed by atoms with Crippen molar-refractivity contribution in [2.75, 3.05) is 7.11 Å². The van der Waals surface area contributed by atoms with Gasteiger partial charge in [-0.15, -0.1) is 11.3 Å². The lowest BCUT2D eigenvalue weighted by molar-refractivity contribution is -0.139. The molecule has 0 aliphatic rings. The lowest BCUT2D eigenvalue weighted by atomic mass is 10.0. The minimum atomic E-state index is -0.217. The van der Waals surface area contributed by atoms with Crippen molar-refractivity contribution in [1.29, 1.82) is 0 Å². The van der Waals surface area contributed by atoms with Crippen LogP contribution >= 0.6 is 11.3 Å². The molecule has 0 aliphatic carbocycles. The van der Waals surface area contributed by atoms with E-state index in [0.29, 0.717) is 13.0 Å². The number of nitrogens with zero attached hydrogens (tertiary/aromatic N) is 1. The van der Waals surface area contributed by atoms with Crippen LogP contribution in [0.3, 0.4) is 0 Å². The standard InChI is InChI=1S/C16H20N2O2S/c1-11-10-21-16(18-11)12(2)17-9-14-7-5-4-6-13(14)8-15(19)20-3/h4-7,10,12,17H,8-9H2,1-3H3. The third-order valence-electron chi connectivity index (χ3n) is 3.29. The van der Waals surface area contributed by atoms with Gasteiger partial charge in [0.2, 0.25) is 0 Å². The summed E-state index contributed by atoms with van der Waals surface area (Å²) in [6, 6.07) is 8.11. The van der Waals surface area contributed by atoms with Gasteiger partial charge in [-0.25, -0.2) is 4.98 Å². The van der Waals surface area contributed by atoms with Gasteiger partial charge in [-0.2, -0.15) is 0 Å². The maximum Gasteiger partial charge on any atom is 0.309 e. The van der Waals surface area contributed by atoms with E-state index in [2.05, 4.69) is 22.6 Å². The molecule has 0 saturated carbocycles. The summed E-state index contributed by atoms with van der Waals surface area (Å²) in [5.41, 5.74) is 3.16. The first-order valence-electron chi connectivity index (χ1n) is 6.89. The third kappa shape index (κ3) is 4.37. The van der Waals surface area contributed by atoms with Crippen molar-refractivity contribution < 1.29 is 9.53 Å². The summed E-state index contributed by atoms with van der Waals surface area (Å²) >= 11 is 1.66. The van der Waals surface area contributed by atoms with E-state index in [4.69, 9.17) is 4.74 Å². The molecule has 21 heavy (non-hydrogen) atoms. The molecule has 2 aromatic rings. The number of rotatable bonds is 6. The average molecular weight is 304 g/mol. The fourth-order valence-electron chi connectivity index (χ4n) is 2.05. The van der Waals surface area contributed by atoms with Crippen LogP contribution in [0.4, 0.5) is 0 Å². The Hall–Kier alpha value is -1.72. The van der Waals surface area contributed by atoms with E-state index in [1.165, 1.54) is 7.11 Å². The minimum Gasteiger partial charge on any atom is -0.469 e. The normalized spacial score (nSPS) is 12.1. The van der Waals surface area contributed by atoms with Crippen LogP contribution in [0.5, 0.6) is 0 Å². The van der Waals surface area contributed by atoms with Crippen molar-refractivity contribution in [2.24, 2.45) is 0 Å². The lowest BCUT2D eigenvalue weighted by Crippen LogP contribution is -2.19. The zero-order valence-electron chi connectivity index (χ0n) is 12.6. The molecule has 5 heteroatoms. The van der Waals surface area contributed by atoms with Crippen molar-refractivity contribution in [2.45, 2.75) is 32.9 Å². The Labute approximate surface area is 129 Å². The highest BCUT2D eigenvalue weighted by atomic mass is 32.1. The van der Waals surface area contributed by atoms with Crippen molar-refractivity contribution >= 4 is 17.3 Å². The van der Waals surface area contributed by atoms with E-state index in [-0.39, 0.29) is 12.0 Å². The number of aromatic nitrogens is 1. The van der Waals surface area contributed by atoms with Gasteiger partial charge in [-0.1, -0.05) is 24.3 Å². The summed E-state index contributed by atoms with van der Waals surface area (Å²) in [7, 11) is 1.41. The van der Waals surface area contributed by atoms with Gasteiger partial charge in [-0.05, 0) is 25.0 Å². The van der Waals surface area contributed by atoms with E-state index >= 15 is 0 Å². The zero-order chi connectivity index (χ0) is 15.2. The monoisotopic (exact) mass is 304 g/mol. The second-order valence-electron chi connectivity index (χ2n) is 4.95. The van der Waals surface area contributed by atoms with Crippen LogP contribution in [0.25, 0.3) is 0 Å². The molecule has 1 aromatic carbocycles. The summed E-state index contributed by atoms with van der Waals surface area (Å²) in [5.74, 6) is -0.217. The topological polar surface area (TPSA) is 51.2 Å². The van der Waals surface area contributed by atoms with Crippen LogP contribution in [0, 0.1) is 6.92 Å². The predicted octanol–water partition coefficient (Wildman–Crippen LogP) is 3.02. The highest BCUT2D eigenvalue weighted by Gasteiger charge is 2.11. The van der Waals surface area contributed by atoms with Gasteiger partial charge in [0.1, 0.15) is 5.01 Å². The number of carbonyl (C=O) groups is 1. The molecule has 0 radical (unpaired) electrons. The number of methoxy groups -OCH3 is 1. The molecule has 0 bridgehead atoms. The van der Waals surface area contributed by atoms with Crippen LogP contribution in [0.15, 0.2) is 29.6 Å². The second kappa shape index (κ2) is 7.33. The smallest absolute Gasteiger partial charge is 0.309 e. The summed E-state index contributed by atoms with van der Waals surface area (Å²) in [6.07, 6.45) is 0.305. The number of thiazole rings is 1. The Morgan fingerprint density at radius 2 is 2.10 bits per heavy atom. The Morgan fingerprint density at radius 1 is 1.38 bits per heavy atom. The molecular formula is C16H20N2O2S. The summed E-state index contributed by atoms with van der Waals surface area (Å²) < 4.78 is 4.74. The van der Waals surface area contributed by atoms with Crippen LogP contribution in [0.1, 0.15) is 34.8 Å². The predicted molar refractivity (Wildman–Crippen MR) is 84.3 cm³/mol. The van der Waals surface area contributed by atoms with Crippen molar-refractivity contribution in [1.82, 2.24) is 10.3 Å². The number of carbonyl (C=O) groups excluding carboxylic acids is 1. The van der Waals surface area contributed by atoms with Crippen molar-refractivity contribution in [3.63, 3.8) is 0 Å². The molecule has 1 unspecified atom stereocenters. The highest BCUT2D eigenvalue weighted by Crippen LogP contribution is 2.18. The van der Waals surface area contributed by atoms with Gasteiger partial charge in [0.15, 0.2) is 0 Å². The summed E-state index contributed by atoms with van der Waals surface area (Å²) in [4.78, 5) is 15.9. The molecular weight excluding hydrogens is 284 g/mol. The van der Waals surface area contributed by atoms with Crippen molar-refractivity contribution in [3.05, 3.63) is 51.5 Å². The number of aryl methyl sites for hydroxylation is 1. The zero-order valence-corrected chi connectivity index (χ0v) is 13.4. The first kappa shape index (κ1) is 15.7. The largest absolute Gasteiger partial charge is 0.469 e. The van der Waals surface area contributed by atoms with Gasteiger partial charge in [0.25, 0.3) is 0 Å². The van der Waals surface area contributed by atoms with Gasteiger partial charge >= 0.3 is 5.97 Å². The molecule has 112 valence electrons. The number of nitrogens with one attached hydrogen (secondary N) is 1. The quantitative estimate of drug-likeness (QED) is 0.834. The molecule has 2 rings (SSSR count). The van der Waals surface area contributed by atoms with E-state index in [1.807, 2.05) is 31.2 Å². The Bertz CT molecular complexity index is 610. The van der Waals surface area contributed by atoms with E-state index < -0.39 is 0 Å². The van der Waals surface area contributed by atoms with Crippen LogP contribution in [0.2, 0.25) is 0 Å². The van der Waals surface area contributed by atoms with E-state index in [0.717, 1.165) is 21.8 Å². The maximum absolute atomic E-state index is 11.4. The lowest BCUT2D eigenvalue weighted by Gasteiger charge is -2.13. The molecule has 1 aromatic heterocycles. The second-order valence-corrected chi connectivity index (χ2v) is 5.84. The van der Waals surface area contributed by atoms with Crippen LogP contribution in [-0.2, 0) is 22.5 Å². The summed E-state index contributed by atoms with van der Waals surface area (Å²) in [5, 5.41) is 6.59. The number of benzene rings is 1. The number of ether oxygens (including phenoxy) is 1. The van der Waals surface area contributed by atoms with Gasteiger partial charge in [0.05, 0.1) is 19.6 Å². The fourth-order valence-corrected chi connectivity index (χ4v) is 2.88. The number of hydrogen-bond donors (Lipinski definition) is 1. The first-order valence-corrected chi connectivity index (χ1v) is 7.77. The molecule has 1 heterocycles. The highest BCUT2D eigenvalue weighted by molar-refractivity contribution is 7.09. The third-order valence-corrected chi connectivity index (χ3v) is 4.43. The molecule has 0 aliphatic heterocycles. The Kier molecular flexibility index (Phi) is 5.47. The summed E-state index contributed by atoms with van der Waals surface area (Å²) in [6.45, 7) is 4.80. The molecule has 4 nitrogen and oxygen atoms in total. The maximum atomic E-state index is 11.4. The number of esters is 1. The molecule has 0 fully saturated rings. The molecule has 1 N–H and O–H groups in total. The van der Waals surface area contributed by atoms with Gasteiger partial charge in [-0.3, -0.25) is 4.79 Å². The Morgan fingerprint density at radius 3 is 2.71 bits per heavy atom. The molecule has 0 amide bonds. The SMILES string of the molecule is COC(=O)Cc1ccccc1CNC(C)c1nc(C)cs1. The average Bonchev–Trinajstić information content (AvgIpc) is 2.92. The first-order chi connectivity index (χ1) is 10.1. The number of hydrogen-bond acceptors (Lipinski definition) is 5. The van der Waals surface area contributed by atoms with Gasteiger partial charge < -0.3 is 10.1 Å². The molecule has 1 atom stereocenters. The molecule has 0 spiro atoms.